The van der Waals surface area contributed by atoms with Gasteiger partial charge in [-0.25, -0.2) is 0 Å². The van der Waals surface area contributed by atoms with Crippen molar-refractivity contribution in [3.05, 3.63) is 35.9 Å². The molecule has 0 aromatic heterocycles. The first-order valence-corrected chi connectivity index (χ1v) is 7.54. The highest BCUT2D eigenvalue weighted by molar-refractivity contribution is 5.14. The largest absolute Gasteiger partial charge is 0.317 e. The predicted octanol–water partition coefficient (Wildman–Crippen LogP) is 4.03. The molecule has 3 unspecified atom stereocenters. The second kappa shape index (κ2) is 6.94. The van der Waals surface area contributed by atoms with Crippen molar-refractivity contribution in [2.45, 2.75) is 51.5 Å². The summed E-state index contributed by atoms with van der Waals surface area (Å²) in [6, 6.07) is 11.6. The van der Waals surface area contributed by atoms with Crippen molar-refractivity contribution in [3.63, 3.8) is 0 Å². The van der Waals surface area contributed by atoms with Gasteiger partial charge in [0.05, 0.1) is 0 Å². The van der Waals surface area contributed by atoms with Crippen molar-refractivity contribution < 1.29 is 0 Å². The third kappa shape index (κ3) is 3.58. The molecule has 1 nitrogen and oxygen atoms in total. The minimum atomic E-state index is 0.710. The minimum absolute atomic E-state index is 0.710. The van der Waals surface area contributed by atoms with Gasteiger partial charge in [-0.15, -0.1) is 0 Å². The lowest BCUT2D eigenvalue weighted by Crippen LogP contribution is -2.32. The van der Waals surface area contributed by atoms with Crippen LogP contribution in [0.5, 0.6) is 0 Å². The lowest BCUT2D eigenvalue weighted by molar-refractivity contribution is 0.346. The van der Waals surface area contributed by atoms with E-state index in [-0.39, 0.29) is 0 Å². The summed E-state index contributed by atoms with van der Waals surface area (Å²) < 4.78 is 0. The van der Waals surface area contributed by atoms with Crippen molar-refractivity contribution in [2.24, 2.45) is 11.8 Å². The summed E-state index contributed by atoms with van der Waals surface area (Å²) in [5.74, 6) is 1.89. The first kappa shape index (κ1) is 13.6. The van der Waals surface area contributed by atoms with E-state index in [2.05, 4.69) is 49.6 Å². The summed E-state index contributed by atoms with van der Waals surface area (Å²) in [7, 11) is 2.13. The van der Waals surface area contributed by atoms with Gasteiger partial charge in [-0.1, -0.05) is 50.1 Å². The van der Waals surface area contributed by atoms with Crippen LogP contribution in [0, 0.1) is 11.8 Å². The van der Waals surface area contributed by atoms with Crippen LogP contribution in [0.15, 0.2) is 30.3 Å². The Labute approximate surface area is 112 Å². The Balaban J connectivity index is 1.83. The number of benzene rings is 1. The highest BCUT2D eigenvalue weighted by Crippen LogP contribution is 2.35. The number of rotatable bonds is 6. The Morgan fingerprint density at radius 1 is 1.22 bits per heavy atom. The lowest BCUT2D eigenvalue weighted by atomic mass is 9.91. The molecule has 1 N–H and O–H groups in total. The molecule has 1 aliphatic carbocycles. The van der Waals surface area contributed by atoms with Gasteiger partial charge in [0.2, 0.25) is 0 Å². The molecule has 0 bridgehead atoms. The smallest absolute Gasteiger partial charge is 0.00955 e. The molecule has 0 heterocycles. The normalized spacial score (nSPS) is 25.2. The molecule has 1 aliphatic rings. The fourth-order valence-electron chi connectivity index (χ4n) is 3.43. The van der Waals surface area contributed by atoms with Gasteiger partial charge in [-0.3, -0.25) is 0 Å². The summed E-state index contributed by atoms with van der Waals surface area (Å²) >= 11 is 0. The molecule has 1 aromatic rings. The van der Waals surface area contributed by atoms with E-state index in [4.69, 9.17) is 0 Å². The van der Waals surface area contributed by atoms with Crippen LogP contribution in [0.25, 0.3) is 0 Å². The van der Waals surface area contributed by atoms with Gasteiger partial charge in [-0.05, 0) is 50.1 Å². The first-order chi connectivity index (χ1) is 8.83. The monoisotopic (exact) mass is 245 g/mol. The fourth-order valence-corrected chi connectivity index (χ4v) is 3.43. The average Bonchev–Trinajstić information content (AvgIpc) is 2.89. The summed E-state index contributed by atoms with van der Waals surface area (Å²) in [5, 5.41) is 3.56. The maximum atomic E-state index is 3.56. The number of hydrogen-bond donors (Lipinski definition) is 1. The standard InChI is InChI=1S/C17H27N/c1-3-14-9-11-16(13-14)17(18-2)12-10-15-7-5-4-6-8-15/h4-8,14,16-18H,3,9-13H2,1-2H3. The van der Waals surface area contributed by atoms with Gasteiger partial charge in [0.15, 0.2) is 0 Å². The number of aryl methyl sites for hydroxylation is 1. The van der Waals surface area contributed by atoms with Crippen LogP contribution < -0.4 is 5.32 Å². The Hall–Kier alpha value is -0.820. The van der Waals surface area contributed by atoms with Gasteiger partial charge >= 0.3 is 0 Å². The molecule has 0 aliphatic heterocycles. The van der Waals surface area contributed by atoms with Gasteiger partial charge in [-0.2, -0.15) is 0 Å². The highest BCUT2D eigenvalue weighted by Gasteiger charge is 2.28. The lowest BCUT2D eigenvalue weighted by Gasteiger charge is -2.23. The molecular formula is C17H27N. The van der Waals surface area contributed by atoms with Crippen molar-refractivity contribution in [2.75, 3.05) is 7.05 Å². The third-order valence-corrected chi connectivity index (χ3v) is 4.69. The van der Waals surface area contributed by atoms with Crippen LogP contribution in [-0.2, 0) is 6.42 Å². The molecule has 100 valence electrons. The zero-order valence-electron chi connectivity index (χ0n) is 11.9. The van der Waals surface area contributed by atoms with E-state index in [1.807, 2.05) is 0 Å². The molecule has 1 heteroatoms. The molecule has 0 amide bonds. The fraction of sp³-hybridized carbons (Fsp3) is 0.647. The maximum Gasteiger partial charge on any atom is 0.00955 e. The maximum absolute atomic E-state index is 3.56. The summed E-state index contributed by atoms with van der Waals surface area (Å²) in [4.78, 5) is 0. The van der Waals surface area contributed by atoms with E-state index in [0.717, 1.165) is 11.8 Å². The Kier molecular flexibility index (Phi) is 5.25. The van der Waals surface area contributed by atoms with Crippen LogP contribution in [0.3, 0.4) is 0 Å². The van der Waals surface area contributed by atoms with E-state index in [1.54, 1.807) is 0 Å². The average molecular weight is 245 g/mol. The second-order valence-corrected chi connectivity index (χ2v) is 5.77. The molecule has 0 spiro atoms. The van der Waals surface area contributed by atoms with E-state index >= 15 is 0 Å². The van der Waals surface area contributed by atoms with E-state index in [9.17, 15) is 0 Å². The number of nitrogens with one attached hydrogen (secondary N) is 1. The molecule has 3 atom stereocenters. The minimum Gasteiger partial charge on any atom is -0.317 e. The van der Waals surface area contributed by atoms with Gasteiger partial charge in [0.25, 0.3) is 0 Å². The number of hydrogen-bond acceptors (Lipinski definition) is 1. The van der Waals surface area contributed by atoms with Gasteiger partial charge < -0.3 is 5.32 Å². The SMILES string of the molecule is CCC1CCC(C(CCc2ccccc2)NC)C1. The van der Waals surface area contributed by atoms with Crippen molar-refractivity contribution in [3.8, 4) is 0 Å². The predicted molar refractivity (Wildman–Crippen MR) is 78.7 cm³/mol. The van der Waals surface area contributed by atoms with Crippen LogP contribution in [-0.4, -0.2) is 13.1 Å². The van der Waals surface area contributed by atoms with Crippen LogP contribution >= 0.6 is 0 Å². The first-order valence-electron chi connectivity index (χ1n) is 7.54. The quantitative estimate of drug-likeness (QED) is 0.798. The molecule has 1 saturated carbocycles. The van der Waals surface area contributed by atoms with E-state index < -0.39 is 0 Å². The highest BCUT2D eigenvalue weighted by atomic mass is 14.9. The summed E-state index contributed by atoms with van der Waals surface area (Å²) in [6.45, 7) is 2.34. The van der Waals surface area contributed by atoms with Crippen LogP contribution in [0.2, 0.25) is 0 Å². The second-order valence-electron chi connectivity index (χ2n) is 5.77. The van der Waals surface area contributed by atoms with Gasteiger partial charge in [0.1, 0.15) is 0 Å². The Morgan fingerprint density at radius 3 is 2.61 bits per heavy atom. The molecule has 0 radical (unpaired) electrons. The van der Waals surface area contributed by atoms with E-state index in [1.165, 1.54) is 44.1 Å². The molecule has 0 saturated heterocycles. The Bertz CT molecular complexity index is 333. The van der Waals surface area contributed by atoms with Gasteiger partial charge in [0, 0.05) is 6.04 Å². The van der Waals surface area contributed by atoms with E-state index in [0.29, 0.717) is 6.04 Å². The van der Waals surface area contributed by atoms with Crippen molar-refractivity contribution >= 4 is 0 Å². The zero-order chi connectivity index (χ0) is 12.8. The molecule has 1 aromatic carbocycles. The molecule has 1 fully saturated rings. The van der Waals surface area contributed by atoms with Crippen LogP contribution in [0.4, 0.5) is 0 Å². The topological polar surface area (TPSA) is 12.0 Å². The summed E-state index contributed by atoms with van der Waals surface area (Å²) in [6.07, 6.45) is 8.17. The Morgan fingerprint density at radius 2 is 2.00 bits per heavy atom. The zero-order valence-corrected chi connectivity index (χ0v) is 11.9. The molecular weight excluding hydrogens is 218 g/mol. The van der Waals surface area contributed by atoms with Crippen molar-refractivity contribution in [1.29, 1.82) is 0 Å². The third-order valence-electron chi connectivity index (χ3n) is 4.69. The summed E-state index contributed by atoms with van der Waals surface area (Å²) in [5.41, 5.74) is 1.47. The van der Waals surface area contributed by atoms with Crippen LogP contribution in [0.1, 0.15) is 44.6 Å². The van der Waals surface area contributed by atoms with Crippen molar-refractivity contribution in [1.82, 2.24) is 5.32 Å². The molecule has 18 heavy (non-hydrogen) atoms. The molecule has 2 rings (SSSR count).